The van der Waals surface area contributed by atoms with Gasteiger partial charge in [0, 0.05) is 60.5 Å². The number of hydrogen-bond acceptors (Lipinski definition) is 5. The molecule has 5 heterocycles. The van der Waals surface area contributed by atoms with Crippen molar-refractivity contribution in [3.8, 4) is 0 Å². The van der Waals surface area contributed by atoms with Gasteiger partial charge in [-0.3, -0.25) is 24.9 Å². The van der Waals surface area contributed by atoms with Crippen molar-refractivity contribution in [3.05, 3.63) is 189 Å². The average molecular weight is 585 g/mol. The van der Waals surface area contributed by atoms with Gasteiger partial charge in [0.25, 0.3) is 0 Å². The van der Waals surface area contributed by atoms with Gasteiger partial charge in [-0.25, -0.2) is 0 Å². The molecule has 0 atom stereocenters. The summed E-state index contributed by atoms with van der Waals surface area (Å²) >= 11 is 0. The van der Waals surface area contributed by atoms with Crippen LogP contribution in [0.4, 0.5) is 0 Å². The fourth-order valence-corrected chi connectivity index (χ4v) is 4.26. The Morgan fingerprint density at radius 3 is 1.53 bits per heavy atom. The van der Waals surface area contributed by atoms with Crippen molar-refractivity contribution < 1.29 is 0 Å². The van der Waals surface area contributed by atoms with E-state index >= 15 is 0 Å². The number of hydrogen-bond donors (Lipinski definition) is 1. The van der Waals surface area contributed by atoms with Gasteiger partial charge in [-0.15, -0.1) is 0 Å². The van der Waals surface area contributed by atoms with E-state index in [2.05, 4.69) is 72.4 Å². The lowest BCUT2D eigenvalue weighted by atomic mass is 10.2. The van der Waals surface area contributed by atoms with Gasteiger partial charge in [-0.2, -0.15) is 0 Å². The summed E-state index contributed by atoms with van der Waals surface area (Å²) in [7, 11) is 0. The predicted octanol–water partition coefficient (Wildman–Crippen LogP) is 9.35. The molecule has 0 spiro atoms. The molecule has 4 aromatic carbocycles. The van der Waals surface area contributed by atoms with Crippen molar-refractivity contribution in [2.75, 3.05) is 0 Å². The minimum atomic E-state index is 0.949. The fraction of sp³-hybridized carbons (Fsp3) is 0. The molecule has 9 rings (SSSR count). The fourth-order valence-electron chi connectivity index (χ4n) is 4.26. The molecular weight excluding hydrogens is 552 g/mol. The zero-order valence-electron chi connectivity index (χ0n) is 24.6. The smallest absolute Gasteiger partial charge is 0.0886 e. The van der Waals surface area contributed by atoms with E-state index in [4.69, 9.17) is 0 Å². The number of para-hydroxylation sites is 4. The number of aromatic amines is 1. The minimum Gasteiger partial charge on any atom is -0.361 e. The van der Waals surface area contributed by atoms with E-state index in [0.29, 0.717) is 0 Å². The van der Waals surface area contributed by atoms with Gasteiger partial charge in [0.1, 0.15) is 0 Å². The molecule has 45 heavy (non-hydrogen) atoms. The highest BCUT2D eigenvalue weighted by Gasteiger charge is 1.89. The van der Waals surface area contributed by atoms with E-state index in [0.717, 1.165) is 16.6 Å². The highest BCUT2D eigenvalue weighted by atomic mass is 14.8. The normalized spacial score (nSPS) is 9.78. The molecular formula is C39H32N6. The standard InChI is InChI=1S/2C9H7N.C8H6N2.C8H7N.C5H5N/c1-2-6-9-8(4-1)5-3-7-10-9;1-2-4-9-7-10-6-5-8(9)3-1;1-2-4-8-7(3-1)9-5-6-10-8;1-2-4-8-7(3-1)5-6-9-8;1-2-4-6-5-3-1/h2*1-7H;1-6H;1-6,9H;1-5H. The molecule has 6 nitrogen and oxygen atoms in total. The van der Waals surface area contributed by atoms with E-state index in [1.54, 1.807) is 24.8 Å². The molecule has 0 aliphatic heterocycles. The van der Waals surface area contributed by atoms with Crippen LogP contribution in [0.15, 0.2) is 189 Å². The van der Waals surface area contributed by atoms with Crippen LogP contribution in [0.2, 0.25) is 0 Å². The summed E-state index contributed by atoms with van der Waals surface area (Å²) in [6.45, 7) is 0. The van der Waals surface area contributed by atoms with Crippen LogP contribution >= 0.6 is 0 Å². The number of fused-ring (bicyclic) bond motifs is 4. The van der Waals surface area contributed by atoms with Gasteiger partial charge in [0.05, 0.1) is 16.6 Å². The van der Waals surface area contributed by atoms with Crippen molar-refractivity contribution >= 4 is 43.6 Å². The molecule has 0 amide bonds. The number of aromatic nitrogens is 6. The third-order valence-corrected chi connectivity index (χ3v) is 6.47. The van der Waals surface area contributed by atoms with Crippen LogP contribution in [0.25, 0.3) is 43.6 Å². The van der Waals surface area contributed by atoms with E-state index < -0.39 is 0 Å². The lowest BCUT2D eigenvalue weighted by molar-refractivity contribution is 1.29. The SMILES string of the molecule is c1ccc2[nH]ccc2c1.c1ccc2cnccc2c1.c1ccc2ncccc2c1.c1ccc2nccnc2c1.c1ccncc1. The third kappa shape index (κ3) is 9.63. The average Bonchev–Trinajstić information content (AvgIpc) is 3.63. The van der Waals surface area contributed by atoms with Gasteiger partial charge in [0.15, 0.2) is 0 Å². The summed E-state index contributed by atoms with van der Waals surface area (Å²) in [6.07, 6.45) is 14.3. The number of pyridine rings is 3. The Kier molecular flexibility index (Phi) is 11.4. The molecule has 5 aromatic heterocycles. The van der Waals surface area contributed by atoms with Gasteiger partial charge in [0.2, 0.25) is 0 Å². The molecule has 0 radical (unpaired) electrons. The Morgan fingerprint density at radius 1 is 0.333 bits per heavy atom. The number of nitrogens with zero attached hydrogens (tertiary/aromatic N) is 5. The van der Waals surface area contributed by atoms with E-state index in [1.165, 1.54) is 27.1 Å². The Morgan fingerprint density at radius 2 is 0.911 bits per heavy atom. The number of H-pyrrole nitrogens is 1. The van der Waals surface area contributed by atoms with Crippen LogP contribution in [0.5, 0.6) is 0 Å². The first kappa shape index (κ1) is 30.2. The van der Waals surface area contributed by atoms with E-state index in [1.807, 2.05) is 122 Å². The molecule has 6 heteroatoms. The molecule has 0 aliphatic rings. The summed E-state index contributed by atoms with van der Waals surface area (Å²) in [5.74, 6) is 0. The van der Waals surface area contributed by atoms with Crippen molar-refractivity contribution in [2.24, 2.45) is 0 Å². The lowest BCUT2D eigenvalue weighted by Crippen LogP contribution is -1.78. The van der Waals surface area contributed by atoms with Crippen LogP contribution in [0.3, 0.4) is 0 Å². The number of rotatable bonds is 0. The summed E-state index contributed by atoms with van der Waals surface area (Å²) in [5, 5.41) is 4.92. The van der Waals surface area contributed by atoms with Crippen LogP contribution in [0, 0.1) is 0 Å². The second-order valence-corrected chi connectivity index (χ2v) is 9.55. The Hall–Kier alpha value is -6.27. The highest BCUT2D eigenvalue weighted by Crippen LogP contribution is 2.11. The maximum atomic E-state index is 4.18. The van der Waals surface area contributed by atoms with Crippen LogP contribution < -0.4 is 0 Å². The molecule has 0 aliphatic carbocycles. The molecule has 0 bridgehead atoms. The molecule has 1 N–H and O–H groups in total. The van der Waals surface area contributed by atoms with Crippen molar-refractivity contribution in [3.63, 3.8) is 0 Å². The molecule has 218 valence electrons. The maximum absolute atomic E-state index is 4.18. The first-order valence-corrected chi connectivity index (χ1v) is 14.5. The van der Waals surface area contributed by atoms with Crippen molar-refractivity contribution in [1.29, 1.82) is 0 Å². The zero-order valence-corrected chi connectivity index (χ0v) is 24.6. The second-order valence-electron chi connectivity index (χ2n) is 9.55. The molecule has 9 aromatic rings. The minimum absolute atomic E-state index is 0.949. The molecule has 0 saturated heterocycles. The summed E-state index contributed by atoms with van der Waals surface area (Å²) in [5.41, 5.74) is 4.16. The Bertz CT molecular complexity index is 1720. The third-order valence-electron chi connectivity index (χ3n) is 6.47. The van der Waals surface area contributed by atoms with Gasteiger partial charge in [-0.1, -0.05) is 84.9 Å². The summed E-state index contributed by atoms with van der Waals surface area (Å²) in [4.78, 5) is 23.3. The summed E-state index contributed by atoms with van der Waals surface area (Å²) < 4.78 is 0. The van der Waals surface area contributed by atoms with Crippen molar-refractivity contribution in [1.82, 2.24) is 29.9 Å². The molecule has 0 saturated carbocycles. The van der Waals surface area contributed by atoms with Crippen LogP contribution in [-0.2, 0) is 0 Å². The first-order valence-electron chi connectivity index (χ1n) is 14.5. The first-order chi connectivity index (χ1) is 22.4. The number of nitrogens with one attached hydrogen (secondary N) is 1. The van der Waals surface area contributed by atoms with Crippen molar-refractivity contribution in [2.45, 2.75) is 0 Å². The lowest BCUT2D eigenvalue weighted by Gasteiger charge is -1.91. The second kappa shape index (κ2) is 17.0. The number of benzene rings is 4. The van der Waals surface area contributed by atoms with Gasteiger partial charge >= 0.3 is 0 Å². The largest absolute Gasteiger partial charge is 0.361 e. The maximum Gasteiger partial charge on any atom is 0.0886 e. The molecule has 0 unspecified atom stereocenters. The monoisotopic (exact) mass is 584 g/mol. The van der Waals surface area contributed by atoms with Gasteiger partial charge < -0.3 is 4.98 Å². The van der Waals surface area contributed by atoms with Crippen LogP contribution in [-0.4, -0.2) is 29.9 Å². The Balaban J connectivity index is 0.000000112. The highest BCUT2D eigenvalue weighted by molar-refractivity contribution is 5.81. The predicted molar refractivity (Wildman–Crippen MR) is 186 cm³/mol. The topological polar surface area (TPSA) is 80.2 Å². The van der Waals surface area contributed by atoms with Gasteiger partial charge in [-0.05, 0) is 70.8 Å². The molecule has 0 fully saturated rings. The van der Waals surface area contributed by atoms with E-state index in [-0.39, 0.29) is 0 Å². The van der Waals surface area contributed by atoms with E-state index in [9.17, 15) is 0 Å². The quantitative estimate of drug-likeness (QED) is 0.192. The Labute approximate surface area is 262 Å². The summed E-state index contributed by atoms with van der Waals surface area (Å²) in [6, 6.07) is 46.1. The van der Waals surface area contributed by atoms with Crippen LogP contribution in [0.1, 0.15) is 0 Å². The zero-order chi connectivity index (χ0) is 30.8.